The third kappa shape index (κ3) is 2.56. The summed E-state index contributed by atoms with van der Waals surface area (Å²) in [7, 11) is 0. The molecule has 0 bridgehead atoms. The molecule has 0 aliphatic carbocycles. The van der Waals surface area contributed by atoms with Gasteiger partial charge in [0.2, 0.25) is 0 Å². The lowest BCUT2D eigenvalue weighted by molar-refractivity contribution is -0.139. The molecule has 110 valence electrons. The molecule has 5 nitrogen and oxygen atoms in total. The van der Waals surface area contributed by atoms with Gasteiger partial charge in [0.15, 0.2) is 0 Å². The van der Waals surface area contributed by atoms with Gasteiger partial charge in [-0.15, -0.1) is 0 Å². The first-order chi connectivity index (χ1) is 10.1. The van der Waals surface area contributed by atoms with Crippen LogP contribution in [0.3, 0.4) is 0 Å². The van der Waals surface area contributed by atoms with Crippen molar-refractivity contribution in [1.82, 2.24) is 15.3 Å². The zero-order valence-electron chi connectivity index (χ0n) is 12.1. The van der Waals surface area contributed by atoms with Crippen LogP contribution >= 0.6 is 0 Å². The summed E-state index contributed by atoms with van der Waals surface area (Å²) in [6, 6.07) is 7.53. The Morgan fingerprint density at radius 2 is 2.05 bits per heavy atom. The van der Waals surface area contributed by atoms with E-state index in [-0.39, 0.29) is 6.04 Å². The van der Waals surface area contributed by atoms with Crippen LogP contribution in [0.2, 0.25) is 0 Å². The largest absolute Gasteiger partial charge is 0.480 e. The number of aromatic amines is 1. The topological polar surface area (TPSA) is 78.0 Å². The normalized spacial score (nSPS) is 21.3. The van der Waals surface area contributed by atoms with E-state index in [0.29, 0.717) is 12.3 Å². The second kappa shape index (κ2) is 5.33. The fourth-order valence-electron chi connectivity index (χ4n) is 2.77. The van der Waals surface area contributed by atoms with Crippen molar-refractivity contribution < 1.29 is 9.90 Å². The molecule has 2 heterocycles. The molecule has 5 heteroatoms. The maximum Gasteiger partial charge on any atom is 0.321 e. The van der Waals surface area contributed by atoms with Gasteiger partial charge in [0.05, 0.1) is 18.1 Å². The Morgan fingerprint density at radius 3 is 2.67 bits per heavy atom. The second-order valence-electron chi connectivity index (χ2n) is 5.78. The number of H-pyrrole nitrogens is 1. The molecule has 21 heavy (non-hydrogen) atoms. The zero-order chi connectivity index (χ0) is 15.0. The molecule has 0 radical (unpaired) electrons. The first-order valence-electron chi connectivity index (χ1n) is 7.17. The van der Waals surface area contributed by atoms with Gasteiger partial charge in [0.25, 0.3) is 0 Å². The van der Waals surface area contributed by atoms with Crippen molar-refractivity contribution in [1.29, 1.82) is 0 Å². The Bertz CT molecular complexity index is 646. The monoisotopic (exact) mass is 285 g/mol. The van der Waals surface area contributed by atoms with Crippen molar-refractivity contribution in [3.05, 3.63) is 53.1 Å². The number of nitrogens with one attached hydrogen (secondary N) is 2. The molecule has 3 rings (SSSR count). The summed E-state index contributed by atoms with van der Waals surface area (Å²) in [5, 5.41) is 12.5. The van der Waals surface area contributed by atoms with Gasteiger partial charge < -0.3 is 10.1 Å². The first-order valence-corrected chi connectivity index (χ1v) is 7.17. The highest BCUT2D eigenvalue weighted by Crippen LogP contribution is 2.29. The Labute approximate surface area is 123 Å². The van der Waals surface area contributed by atoms with E-state index in [4.69, 9.17) is 0 Å². The highest BCUT2D eigenvalue weighted by Gasteiger charge is 2.33. The van der Waals surface area contributed by atoms with Gasteiger partial charge in [0.1, 0.15) is 6.04 Å². The molecule has 1 aromatic heterocycles. The first kappa shape index (κ1) is 13.8. The van der Waals surface area contributed by atoms with Crippen LogP contribution in [-0.2, 0) is 11.2 Å². The summed E-state index contributed by atoms with van der Waals surface area (Å²) in [6.07, 6.45) is 2.07. The fourth-order valence-corrected chi connectivity index (χ4v) is 2.77. The molecule has 0 saturated heterocycles. The highest BCUT2D eigenvalue weighted by atomic mass is 16.4. The summed E-state index contributed by atoms with van der Waals surface area (Å²) in [5.41, 5.74) is 4.11. The van der Waals surface area contributed by atoms with E-state index in [2.05, 4.69) is 53.4 Å². The molecule has 0 amide bonds. The quantitative estimate of drug-likeness (QED) is 0.808. The maximum absolute atomic E-state index is 11.3. The van der Waals surface area contributed by atoms with E-state index in [1.165, 1.54) is 5.56 Å². The molecule has 2 aromatic rings. The Balaban J connectivity index is 1.95. The number of benzene rings is 1. The summed E-state index contributed by atoms with van der Waals surface area (Å²) in [6.45, 7) is 4.31. The lowest BCUT2D eigenvalue weighted by Gasteiger charge is -2.28. The number of nitrogens with zero attached hydrogens (tertiary/aromatic N) is 1. The molecule has 1 aliphatic heterocycles. The van der Waals surface area contributed by atoms with Gasteiger partial charge in [-0.3, -0.25) is 10.1 Å². The minimum absolute atomic E-state index is 0.178. The summed E-state index contributed by atoms with van der Waals surface area (Å²) in [5.74, 6) is -0.356. The fraction of sp³-hybridized carbons (Fsp3) is 0.375. The predicted molar refractivity (Wildman–Crippen MR) is 79.2 cm³/mol. The number of fused-ring (bicyclic) bond motifs is 1. The third-order valence-corrected chi connectivity index (χ3v) is 4.04. The second-order valence-corrected chi connectivity index (χ2v) is 5.78. The standard InChI is InChI=1S/C16H19N3O2/c1-9(2)10-3-5-11(6-4-10)14-15-12(17-8-18-15)7-13(19-14)16(20)21/h3-6,8-9,13-14,19H,7H2,1-2H3,(H,17,18)(H,20,21)/t13-,14-/m0/s1. The van der Waals surface area contributed by atoms with E-state index < -0.39 is 12.0 Å². The minimum Gasteiger partial charge on any atom is -0.480 e. The third-order valence-electron chi connectivity index (χ3n) is 4.04. The SMILES string of the molecule is CC(C)c1ccc([C@@H]2N[C@H](C(=O)O)Cc3[nH]cnc32)cc1. The van der Waals surface area contributed by atoms with Crippen LogP contribution in [0.5, 0.6) is 0 Å². The van der Waals surface area contributed by atoms with Crippen molar-refractivity contribution in [3.8, 4) is 0 Å². The number of hydrogen-bond donors (Lipinski definition) is 3. The molecular weight excluding hydrogens is 266 g/mol. The lowest BCUT2D eigenvalue weighted by atomic mass is 9.92. The molecular formula is C16H19N3O2. The highest BCUT2D eigenvalue weighted by molar-refractivity contribution is 5.74. The van der Waals surface area contributed by atoms with E-state index in [9.17, 15) is 9.90 Å². The number of hydrogen-bond acceptors (Lipinski definition) is 3. The van der Waals surface area contributed by atoms with Crippen LogP contribution in [0.15, 0.2) is 30.6 Å². The Hall–Kier alpha value is -2.14. The Kier molecular flexibility index (Phi) is 3.51. The molecule has 1 aromatic carbocycles. The number of imidazole rings is 1. The summed E-state index contributed by atoms with van der Waals surface area (Å²) >= 11 is 0. The number of aliphatic carboxylic acids is 1. The number of aromatic nitrogens is 2. The minimum atomic E-state index is -0.834. The number of carboxylic acid groups (broad SMARTS) is 1. The van der Waals surface area contributed by atoms with Gasteiger partial charge in [-0.1, -0.05) is 38.1 Å². The smallest absolute Gasteiger partial charge is 0.321 e. The van der Waals surface area contributed by atoms with E-state index in [1.54, 1.807) is 6.33 Å². The van der Waals surface area contributed by atoms with Crippen LogP contribution in [0, 0.1) is 0 Å². The van der Waals surface area contributed by atoms with Crippen LogP contribution in [0.25, 0.3) is 0 Å². The number of carboxylic acids is 1. The van der Waals surface area contributed by atoms with Gasteiger partial charge in [-0.05, 0) is 17.0 Å². The van der Waals surface area contributed by atoms with E-state index in [0.717, 1.165) is 17.0 Å². The number of carbonyl (C=O) groups is 1. The van der Waals surface area contributed by atoms with Gasteiger partial charge in [-0.25, -0.2) is 4.98 Å². The van der Waals surface area contributed by atoms with E-state index in [1.807, 2.05) is 0 Å². The van der Waals surface area contributed by atoms with Crippen molar-refractivity contribution in [3.63, 3.8) is 0 Å². The molecule has 0 saturated carbocycles. The molecule has 3 N–H and O–H groups in total. The molecule has 0 fully saturated rings. The average Bonchev–Trinajstić information content (AvgIpc) is 2.94. The molecule has 1 aliphatic rings. The maximum atomic E-state index is 11.3. The van der Waals surface area contributed by atoms with Crippen molar-refractivity contribution in [2.75, 3.05) is 0 Å². The van der Waals surface area contributed by atoms with Crippen LogP contribution in [0.1, 0.15) is 48.3 Å². The number of rotatable bonds is 3. The van der Waals surface area contributed by atoms with Crippen LogP contribution in [-0.4, -0.2) is 27.1 Å². The van der Waals surface area contributed by atoms with Crippen molar-refractivity contribution in [2.24, 2.45) is 0 Å². The lowest BCUT2D eigenvalue weighted by Crippen LogP contribution is -2.45. The Morgan fingerprint density at radius 1 is 1.33 bits per heavy atom. The van der Waals surface area contributed by atoms with Gasteiger partial charge in [-0.2, -0.15) is 0 Å². The van der Waals surface area contributed by atoms with Crippen LogP contribution < -0.4 is 5.32 Å². The molecule has 0 spiro atoms. The van der Waals surface area contributed by atoms with Crippen molar-refractivity contribution >= 4 is 5.97 Å². The molecule has 0 unspecified atom stereocenters. The van der Waals surface area contributed by atoms with E-state index >= 15 is 0 Å². The zero-order valence-corrected chi connectivity index (χ0v) is 12.1. The summed E-state index contributed by atoms with van der Waals surface area (Å²) < 4.78 is 0. The molecule has 2 atom stereocenters. The average molecular weight is 285 g/mol. The van der Waals surface area contributed by atoms with Crippen LogP contribution in [0.4, 0.5) is 0 Å². The van der Waals surface area contributed by atoms with Crippen molar-refractivity contribution in [2.45, 2.75) is 38.3 Å². The summed E-state index contributed by atoms with van der Waals surface area (Å²) in [4.78, 5) is 18.7. The predicted octanol–water partition coefficient (Wildman–Crippen LogP) is 2.22. The van der Waals surface area contributed by atoms with Gasteiger partial charge >= 0.3 is 5.97 Å². The van der Waals surface area contributed by atoms with Gasteiger partial charge in [0, 0.05) is 12.1 Å².